The first-order valence-electron chi connectivity index (χ1n) is 4.21. The molecule has 0 radical (unpaired) electrons. The van der Waals surface area contributed by atoms with Crippen molar-refractivity contribution in [2.24, 2.45) is 0 Å². The fourth-order valence-electron chi connectivity index (χ4n) is 1.11. The van der Waals surface area contributed by atoms with Gasteiger partial charge < -0.3 is 19.3 Å². The monoisotopic (exact) mass is 201 g/mol. The molecule has 0 aliphatic carbocycles. The molecule has 0 aromatic carbocycles. The van der Waals surface area contributed by atoms with E-state index in [4.69, 9.17) is 24.7 Å². The summed E-state index contributed by atoms with van der Waals surface area (Å²) in [7, 11) is 0. The molecule has 14 heavy (non-hydrogen) atoms. The third kappa shape index (κ3) is 3.20. The van der Waals surface area contributed by atoms with E-state index < -0.39 is 11.7 Å². The molecule has 1 heterocycles. The van der Waals surface area contributed by atoms with Gasteiger partial charge in [0.25, 0.3) is 0 Å². The van der Waals surface area contributed by atoms with Gasteiger partial charge >= 0.3 is 12.1 Å². The van der Waals surface area contributed by atoms with Crippen LogP contribution in [0.2, 0.25) is 0 Å². The molecule has 78 valence electrons. The van der Waals surface area contributed by atoms with Crippen molar-refractivity contribution in [3.05, 3.63) is 17.1 Å². The van der Waals surface area contributed by atoms with Crippen molar-refractivity contribution in [1.29, 1.82) is 5.39 Å². The van der Waals surface area contributed by atoms with E-state index in [9.17, 15) is 0 Å². The van der Waals surface area contributed by atoms with E-state index in [2.05, 4.69) is 4.98 Å². The summed E-state index contributed by atoms with van der Waals surface area (Å²) in [4.78, 5) is 2.60. The van der Waals surface area contributed by atoms with Crippen LogP contribution in [0.3, 0.4) is 0 Å². The molecule has 1 N–H and O–H groups in total. The van der Waals surface area contributed by atoms with Gasteiger partial charge in [0.2, 0.25) is 5.39 Å². The summed E-state index contributed by atoms with van der Waals surface area (Å²) in [6, 6.07) is 0. The number of aliphatic hydroxyl groups excluding tert-OH is 1. The quantitative estimate of drug-likeness (QED) is 0.551. The lowest BCUT2D eigenvalue weighted by atomic mass is 10.4. The normalized spacial score (nSPS) is 25.8. The Morgan fingerprint density at radius 2 is 2.50 bits per heavy atom. The molecule has 0 amide bonds. The van der Waals surface area contributed by atoms with Crippen LogP contribution in [-0.4, -0.2) is 30.2 Å². The number of diazo groups is 1. The third-order valence-corrected chi connectivity index (χ3v) is 1.65. The molecular weight excluding hydrogens is 188 g/mol. The molecule has 0 saturated carbocycles. The van der Waals surface area contributed by atoms with E-state index in [-0.39, 0.29) is 12.7 Å². The predicted molar refractivity (Wildman–Crippen MR) is 46.7 cm³/mol. The SMILES string of the molecule is CC1(C)OCC(COC(O)=C[N+]#N)O1. The van der Waals surface area contributed by atoms with Crippen molar-refractivity contribution in [1.82, 2.24) is 0 Å². The van der Waals surface area contributed by atoms with Crippen LogP contribution in [0.1, 0.15) is 13.8 Å². The lowest BCUT2D eigenvalue weighted by molar-refractivity contribution is -0.145. The molecular formula is C8H13N2O4+. The summed E-state index contributed by atoms with van der Waals surface area (Å²) in [6.07, 6.45) is 0.570. The van der Waals surface area contributed by atoms with Crippen LogP contribution in [0.4, 0.5) is 0 Å². The zero-order valence-electron chi connectivity index (χ0n) is 8.14. The van der Waals surface area contributed by atoms with Gasteiger partial charge in [-0.1, -0.05) is 0 Å². The largest absolute Gasteiger partial charge is 0.476 e. The summed E-state index contributed by atoms with van der Waals surface area (Å²) in [5, 5.41) is 17.0. The maximum Gasteiger partial charge on any atom is 0.429 e. The molecule has 1 fully saturated rings. The topological polar surface area (TPSA) is 76.1 Å². The summed E-state index contributed by atoms with van der Waals surface area (Å²) in [5.74, 6) is -1.06. The summed E-state index contributed by atoms with van der Waals surface area (Å²) in [5.41, 5.74) is 0. The highest BCUT2D eigenvalue weighted by Gasteiger charge is 2.33. The Hall–Kier alpha value is -1.32. The highest BCUT2D eigenvalue weighted by atomic mass is 16.8. The average molecular weight is 201 g/mol. The highest BCUT2D eigenvalue weighted by molar-refractivity contribution is 4.88. The Morgan fingerprint density at radius 3 is 3.00 bits per heavy atom. The number of hydrogen-bond acceptors (Lipinski definition) is 5. The van der Waals surface area contributed by atoms with Gasteiger partial charge in [-0.05, 0) is 13.8 Å². The first-order valence-corrected chi connectivity index (χ1v) is 4.21. The Kier molecular flexibility index (Phi) is 3.28. The van der Waals surface area contributed by atoms with Crippen molar-refractivity contribution in [2.45, 2.75) is 25.7 Å². The van der Waals surface area contributed by atoms with Crippen molar-refractivity contribution < 1.29 is 19.3 Å². The average Bonchev–Trinajstić information content (AvgIpc) is 2.43. The molecule has 1 atom stereocenters. The zero-order chi connectivity index (χ0) is 10.6. The molecule has 1 unspecified atom stereocenters. The van der Waals surface area contributed by atoms with Gasteiger partial charge in [0.1, 0.15) is 12.7 Å². The maximum absolute atomic E-state index is 8.93. The van der Waals surface area contributed by atoms with E-state index in [1.165, 1.54) is 0 Å². The summed E-state index contributed by atoms with van der Waals surface area (Å²) in [6.45, 7) is 4.16. The minimum atomic E-state index is -0.602. The van der Waals surface area contributed by atoms with Crippen LogP contribution >= 0.6 is 0 Å². The minimum Gasteiger partial charge on any atom is -0.476 e. The molecule has 6 nitrogen and oxygen atoms in total. The van der Waals surface area contributed by atoms with Gasteiger partial charge in [-0.3, -0.25) is 0 Å². The fraction of sp³-hybridized carbons (Fsp3) is 0.750. The molecule has 0 aromatic heterocycles. The maximum atomic E-state index is 8.93. The van der Waals surface area contributed by atoms with Crippen LogP contribution in [-0.2, 0) is 14.2 Å². The van der Waals surface area contributed by atoms with E-state index in [0.29, 0.717) is 6.61 Å². The summed E-state index contributed by atoms with van der Waals surface area (Å²) >= 11 is 0. The van der Waals surface area contributed by atoms with Crippen molar-refractivity contribution >= 4 is 0 Å². The zero-order valence-corrected chi connectivity index (χ0v) is 8.14. The molecule has 0 aromatic rings. The third-order valence-electron chi connectivity index (χ3n) is 1.65. The Bertz CT molecular complexity index is 269. The number of rotatable bonds is 3. The lowest BCUT2D eigenvalue weighted by Gasteiger charge is -2.16. The number of nitrogens with zero attached hydrogens (tertiary/aromatic N) is 2. The van der Waals surface area contributed by atoms with Crippen LogP contribution in [0.25, 0.3) is 4.98 Å². The second kappa shape index (κ2) is 4.26. The van der Waals surface area contributed by atoms with Gasteiger partial charge in [-0.25, -0.2) is 0 Å². The minimum absolute atomic E-state index is 0.154. The smallest absolute Gasteiger partial charge is 0.429 e. The molecule has 0 bridgehead atoms. The van der Waals surface area contributed by atoms with Crippen molar-refractivity contribution in [3.63, 3.8) is 0 Å². The van der Waals surface area contributed by atoms with E-state index >= 15 is 0 Å². The Morgan fingerprint density at radius 1 is 1.79 bits per heavy atom. The predicted octanol–water partition coefficient (Wildman–Crippen LogP) is 1.36. The fourth-order valence-corrected chi connectivity index (χ4v) is 1.11. The van der Waals surface area contributed by atoms with Gasteiger partial charge in [-0.15, -0.1) is 0 Å². The molecule has 1 aliphatic rings. The number of hydrogen-bond donors (Lipinski definition) is 1. The molecule has 1 saturated heterocycles. The van der Waals surface area contributed by atoms with E-state index in [1.54, 1.807) is 13.8 Å². The molecule has 6 heteroatoms. The van der Waals surface area contributed by atoms with Gasteiger partial charge in [-0.2, -0.15) is 0 Å². The number of aliphatic hydroxyl groups is 1. The molecule has 1 rings (SSSR count). The van der Waals surface area contributed by atoms with Crippen molar-refractivity contribution in [3.8, 4) is 0 Å². The number of ether oxygens (including phenoxy) is 3. The standard InChI is InChI=1S/C8H12N2O4/c1-8(2)13-5-6(14-8)4-12-7(11)3-10-9/h3,6H,4-5H2,1-2H3/p+1. The second-order valence-corrected chi connectivity index (χ2v) is 3.34. The highest BCUT2D eigenvalue weighted by Crippen LogP contribution is 2.22. The van der Waals surface area contributed by atoms with Gasteiger partial charge in [0, 0.05) is 0 Å². The van der Waals surface area contributed by atoms with Crippen LogP contribution < -0.4 is 0 Å². The molecule has 1 aliphatic heterocycles. The van der Waals surface area contributed by atoms with Crippen LogP contribution in [0.5, 0.6) is 0 Å². The van der Waals surface area contributed by atoms with Crippen LogP contribution in [0, 0.1) is 5.39 Å². The van der Waals surface area contributed by atoms with Gasteiger partial charge in [0.05, 0.1) is 6.61 Å². The Balaban J connectivity index is 2.28. The van der Waals surface area contributed by atoms with Crippen LogP contribution in [0.15, 0.2) is 12.1 Å². The van der Waals surface area contributed by atoms with E-state index in [1.807, 2.05) is 0 Å². The first-order chi connectivity index (χ1) is 6.53. The van der Waals surface area contributed by atoms with E-state index in [0.717, 1.165) is 6.20 Å². The van der Waals surface area contributed by atoms with Gasteiger partial charge in [0.15, 0.2) is 10.8 Å². The molecule has 0 spiro atoms. The second-order valence-electron chi connectivity index (χ2n) is 3.34. The lowest BCUT2D eigenvalue weighted by Crippen LogP contribution is -2.23. The Labute approximate surface area is 81.7 Å². The van der Waals surface area contributed by atoms with Crippen molar-refractivity contribution in [2.75, 3.05) is 13.2 Å². The summed E-state index contributed by atoms with van der Waals surface area (Å²) < 4.78 is 15.5. The first kappa shape index (κ1) is 10.8.